The highest BCUT2D eigenvalue weighted by Gasteiger charge is 2.22. The van der Waals surface area contributed by atoms with Gasteiger partial charge in [0.1, 0.15) is 17.6 Å². The van der Waals surface area contributed by atoms with Gasteiger partial charge in [-0.3, -0.25) is 14.8 Å². The number of hydrogen-bond donors (Lipinski definition) is 4. The smallest absolute Gasteiger partial charge is 0.206 e. The van der Waals surface area contributed by atoms with E-state index >= 15 is 0 Å². The van der Waals surface area contributed by atoms with Crippen molar-refractivity contribution < 1.29 is 5.11 Å². The fourth-order valence-electron chi connectivity index (χ4n) is 3.30. The van der Waals surface area contributed by atoms with Gasteiger partial charge in [0.25, 0.3) is 0 Å². The number of aryl methyl sites for hydroxylation is 1. The minimum Gasteiger partial charge on any atom is -0.373 e. The first-order chi connectivity index (χ1) is 14.0. The Labute approximate surface area is 166 Å². The number of aliphatic hydroxyl groups excluding tert-OH is 1. The van der Waals surface area contributed by atoms with Crippen LogP contribution in [0.25, 0.3) is 28.0 Å². The molecule has 0 amide bonds. The van der Waals surface area contributed by atoms with E-state index in [-0.39, 0.29) is 5.95 Å². The lowest BCUT2D eigenvalue weighted by Crippen LogP contribution is -2.20. The third-order valence-corrected chi connectivity index (χ3v) is 4.70. The summed E-state index contributed by atoms with van der Waals surface area (Å²) < 4.78 is 1.65. The Hall–Kier alpha value is -3.74. The number of nitrogens with zero attached hydrogens (tertiary/aromatic N) is 5. The van der Waals surface area contributed by atoms with E-state index in [2.05, 4.69) is 31.6 Å². The van der Waals surface area contributed by atoms with Gasteiger partial charge in [0.2, 0.25) is 5.95 Å². The molecule has 0 saturated carbocycles. The lowest BCUT2D eigenvalue weighted by Gasteiger charge is -2.12. The lowest BCUT2D eigenvalue weighted by molar-refractivity contribution is 0.138. The zero-order chi connectivity index (χ0) is 20.5. The molecule has 5 N–H and O–H groups in total. The molecule has 29 heavy (non-hydrogen) atoms. The van der Waals surface area contributed by atoms with Crippen LogP contribution < -0.4 is 11.1 Å². The van der Waals surface area contributed by atoms with Gasteiger partial charge in [-0.1, -0.05) is 19.1 Å². The molecule has 0 bridgehead atoms. The van der Waals surface area contributed by atoms with E-state index in [1.165, 1.54) is 0 Å². The van der Waals surface area contributed by atoms with E-state index < -0.39 is 6.23 Å². The summed E-state index contributed by atoms with van der Waals surface area (Å²) in [6.07, 6.45) is 2.44. The first-order valence-electron chi connectivity index (χ1n) is 9.14. The van der Waals surface area contributed by atoms with Crippen LogP contribution in [-0.4, -0.2) is 36.2 Å². The van der Waals surface area contributed by atoms with Crippen molar-refractivity contribution in [2.24, 2.45) is 0 Å². The first-order valence-corrected chi connectivity index (χ1v) is 9.14. The number of nitrogens with one attached hydrogen (secondary N) is 2. The Morgan fingerprint density at radius 2 is 2.21 bits per heavy atom. The zero-order valence-electron chi connectivity index (χ0n) is 16.0. The number of nitriles is 1. The maximum absolute atomic E-state index is 10.3. The van der Waals surface area contributed by atoms with Crippen molar-refractivity contribution in [3.05, 3.63) is 53.6 Å². The molecule has 1 unspecified atom stereocenters. The van der Waals surface area contributed by atoms with Crippen LogP contribution in [0, 0.1) is 18.3 Å². The highest BCUT2D eigenvalue weighted by atomic mass is 16.3. The van der Waals surface area contributed by atoms with Gasteiger partial charge in [0.15, 0.2) is 0 Å². The number of imidazole rings is 1. The quantitative estimate of drug-likeness (QED) is 0.384. The van der Waals surface area contributed by atoms with Gasteiger partial charge in [-0.2, -0.15) is 10.4 Å². The van der Waals surface area contributed by atoms with Crippen molar-refractivity contribution in [3.63, 3.8) is 0 Å². The molecule has 0 aliphatic carbocycles. The minimum absolute atomic E-state index is 0.227. The van der Waals surface area contributed by atoms with Gasteiger partial charge in [-0.15, -0.1) is 0 Å². The Kier molecular flexibility index (Phi) is 4.72. The topological polar surface area (TPSA) is 141 Å². The molecule has 1 atom stereocenters. The standard InChI is InChI=1S/C20H20N8O/c1-3-23-19(29)15-10-28-18(25-15)16(14-9-24-27-11(14)2)17(26-20(28)22)13-6-4-5-12(7-13)8-21/h4-7,9-10,19,23,29H,3H2,1-2H3,(H2,22,26)(H,24,27). The van der Waals surface area contributed by atoms with Gasteiger partial charge in [0, 0.05) is 23.0 Å². The van der Waals surface area contributed by atoms with Crippen molar-refractivity contribution in [2.75, 3.05) is 12.3 Å². The average Bonchev–Trinajstić information content (AvgIpc) is 3.35. The summed E-state index contributed by atoms with van der Waals surface area (Å²) in [6.45, 7) is 4.39. The number of aromatic amines is 1. The number of fused-ring (bicyclic) bond motifs is 1. The van der Waals surface area contributed by atoms with E-state index in [1.807, 2.05) is 19.9 Å². The molecule has 9 nitrogen and oxygen atoms in total. The molecule has 0 radical (unpaired) electrons. The normalized spacial score (nSPS) is 12.2. The number of benzene rings is 1. The lowest BCUT2D eigenvalue weighted by atomic mass is 9.99. The summed E-state index contributed by atoms with van der Waals surface area (Å²) in [5.41, 5.74) is 11.4. The monoisotopic (exact) mass is 388 g/mol. The van der Waals surface area contributed by atoms with Crippen molar-refractivity contribution in [3.8, 4) is 28.5 Å². The average molecular weight is 388 g/mol. The van der Waals surface area contributed by atoms with E-state index in [4.69, 9.17) is 5.73 Å². The predicted molar refractivity (Wildman–Crippen MR) is 109 cm³/mol. The van der Waals surface area contributed by atoms with Crippen LogP contribution in [0.2, 0.25) is 0 Å². The summed E-state index contributed by atoms with van der Waals surface area (Å²) in [4.78, 5) is 9.25. The van der Waals surface area contributed by atoms with E-state index in [0.717, 1.165) is 22.4 Å². The number of aromatic nitrogens is 5. The highest BCUT2D eigenvalue weighted by Crippen LogP contribution is 2.36. The molecule has 3 aromatic heterocycles. The molecule has 0 saturated heterocycles. The van der Waals surface area contributed by atoms with Gasteiger partial charge in [-0.25, -0.2) is 9.97 Å². The molecular formula is C20H20N8O. The predicted octanol–water partition coefficient (Wildman–Crippen LogP) is 2.15. The molecule has 146 valence electrons. The third kappa shape index (κ3) is 3.20. The second-order valence-electron chi connectivity index (χ2n) is 6.61. The van der Waals surface area contributed by atoms with Crippen molar-refractivity contribution in [2.45, 2.75) is 20.1 Å². The maximum atomic E-state index is 10.3. The van der Waals surface area contributed by atoms with E-state index in [0.29, 0.717) is 29.1 Å². The fourth-order valence-corrected chi connectivity index (χ4v) is 3.30. The minimum atomic E-state index is -0.928. The van der Waals surface area contributed by atoms with Gasteiger partial charge in [-0.05, 0) is 25.6 Å². The fraction of sp³-hybridized carbons (Fsp3) is 0.200. The van der Waals surface area contributed by atoms with Crippen LogP contribution in [-0.2, 0) is 0 Å². The Morgan fingerprint density at radius 3 is 2.90 bits per heavy atom. The van der Waals surface area contributed by atoms with Crippen LogP contribution in [0.1, 0.15) is 30.1 Å². The molecule has 9 heteroatoms. The molecule has 3 heterocycles. The number of aliphatic hydroxyl groups is 1. The third-order valence-electron chi connectivity index (χ3n) is 4.70. The molecule has 0 spiro atoms. The Morgan fingerprint density at radius 1 is 1.38 bits per heavy atom. The number of H-pyrrole nitrogens is 1. The summed E-state index contributed by atoms with van der Waals surface area (Å²) in [5.74, 6) is 0.227. The van der Waals surface area contributed by atoms with Crippen LogP contribution in [0.15, 0.2) is 36.7 Å². The van der Waals surface area contributed by atoms with Crippen molar-refractivity contribution in [1.29, 1.82) is 5.26 Å². The molecule has 1 aromatic carbocycles. The summed E-state index contributed by atoms with van der Waals surface area (Å²) in [7, 11) is 0. The SMILES string of the molecule is CCNC(O)c1cn2c(N)nc(-c3cccc(C#N)c3)c(-c3cn[nH]c3C)c2n1. The maximum Gasteiger partial charge on any atom is 0.206 e. The zero-order valence-corrected chi connectivity index (χ0v) is 16.0. The van der Waals surface area contributed by atoms with Crippen LogP contribution in [0.5, 0.6) is 0 Å². The number of anilines is 1. The molecule has 4 rings (SSSR count). The Bertz CT molecular complexity index is 1230. The highest BCUT2D eigenvalue weighted by molar-refractivity contribution is 5.91. The van der Waals surface area contributed by atoms with Crippen molar-refractivity contribution in [1.82, 2.24) is 29.9 Å². The largest absolute Gasteiger partial charge is 0.373 e. The van der Waals surface area contributed by atoms with E-state index in [1.54, 1.807) is 35.0 Å². The summed E-state index contributed by atoms with van der Waals surface area (Å²) in [5, 5.41) is 29.6. The molecular weight excluding hydrogens is 368 g/mol. The van der Waals surface area contributed by atoms with Gasteiger partial charge < -0.3 is 10.8 Å². The van der Waals surface area contributed by atoms with Crippen LogP contribution >= 0.6 is 0 Å². The molecule has 0 aliphatic rings. The summed E-state index contributed by atoms with van der Waals surface area (Å²) >= 11 is 0. The molecule has 4 aromatic rings. The number of rotatable bonds is 5. The van der Waals surface area contributed by atoms with E-state index in [9.17, 15) is 10.4 Å². The number of hydrogen-bond acceptors (Lipinski definition) is 7. The van der Waals surface area contributed by atoms with Crippen LogP contribution in [0.3, 0.4) is 0 Å². The van der Waals surface area contributed by atoms with Gasteiger partial charge in [0.05, 0.1) is 29.1 Å². The number of nitrogens with two attached hydrogens (primary N) is 1. The van der Waals surface area contributed by atoms with Gasteiger partial charge >= 0.3 is 0 Å². The second kappa shape index (κ2) is 7.35. The molecule has 0 fully saturated rings. The second-order valence-corrected chi connectivity index (χ2v) is 6.61. The number of nitrogen functional groups attached to an aromatic ring is 1. The first kappa shape index (κ1) is 18.6. The summed E-state index contributed by atoms with van der Waals surface area (Å²) in [6, 6.07) is 9.31. The molecule has 0 aliphatic heterocycles. The van der Waals surface area contributed by atoms with Crippen LogP contribution in [0.4, 0.5) is 5.95 Å². The Balaban J connectivity index is 2.05. The van der Waals surface area contributed by atoms with Crippen molar-refractivity contribution >= 4 is 11.6 Å².